The Bertz CT molecular complexity index is 525. The van der Waals surface area contributed by atoms with E-state index >= 15 is 0 Å². The lowest BCUT2D eigenvalue weighted by Crippen LogP contribution is -2.11. The fourth-order valence-corrected chi connectivity index (χ4v) is 1.81. The molecule has 0 radical (unpaired) electrons. The van der Waals surface area contributed by atoms with Crippen molar-refractivity contribution in [1.29, 1.82) is 0 Å². The molecule has 0 bridgehead atoms. The molecule has 0 spiro atoms. The number of hydrogen-bond donors (Lipinski definition) is 1. The summed E-state index contributed by atoms with van der Waals surface area (Å²) in [5, 5.41) is 3.03. The Morgan fingerprint density at radius 2 is 2.12 bits per heavy atom. The molecule has 1 amide bonds. The fraction of sp³-hybridized carbons (Fsp3) is 0.0909. The second-order valence-electron chi connectivity index (χ2n) is 3.21. The molecule has 0 aliphatic rings. The predicted octanol–water partition coefficient (Wildman–Crippen LogP) is 1.53. The number of carbonyl (C=O) groups is 2. The van der Waals surface area contributed by atoms with E-state index in [0.29, 0.717) is 16.5 Å². The van der Waals surface area contributed by atoms with E-state index in [1.165, 1.54) is 0 Å². The first-order chi connectivity index (χ1) is 8.29. The smallest absolute Gasteiger partial charge is 0.257 e. The normalized spacial score (nSPS) is 9.88. The summed E-state index contributed by atoms with van der Waals surface area (Å²) in [6.45, 7) is 0. The molecule has 0 saturated carbocycles. The van der Waals surface area contributed by atoms with Gasteiger partial charge in [-0.05, 0) is 12.1 Å². The highest BCUT2D eigenvalue weighted by atomic mass is 32.1. The number of benzene rings is 1. The lowest BCUT2D eigenvalue weighted by molar-refractivity contribution is -0.107. The van der Waals surface area contributed by atoms with Gasteiger partial charge in [0.25, 0.3) is 5.91 Å². The van der Waals surface area contributed by atoms with Crippen LogP contribution in [0.5, 0.6) is 0 Å². The Balaban J connectivity index is 2.05. The van der Waals surface area contributed by atoms with Crippen LogP contribution in [0.3, 0.4) is 0 Å². The van der Waals surface area contributed by atoms with Crippen molar-refractivity contribution < 1.29 is 9.59 Å². The molecule has 0 aliphatic heterocycles. The van der Waals surface area contributed by atoms with E-state index in [1.54, 1.807) is 24.3 Å². The molecule has 1 aromatic carbocycles. The monoisotopic (exact) mass is 247 g/mol. The minimum Gasteiger partial charge on any atom is -0.303 e. The summed E-state index contributed by atoms with van der Waals surface area (Å²) in [6.07, 6.45) is 0.891. The largest absolute Gasteiger partial charge is 0.303 e. The zero-order chi connectivity index (χ0) is 12.1. The van der Waals surface area contributed by atoms with Gasteiger partial charge in [0.05, 0.1) is 6.42 Å². The van der Waals surface area contributed by atoms with E-state index in [9.17, 15) is 9.59 Å². The summed E-state index contributed by atoms with van der Waals surface area (Å²) in [7, 11) is 0. The van der Waals surface area contributed by atoms with Gasteiger partial charge in [0.1, 0.15) is 6.29 Å². The molecule has 17 heavy (non-hydrogen) atoms. The van der Waals surface area contributed by atoms with Crippen LogP contribution in [0, 0.1) is 0 Å². The highest BCUT2D eigenvalue weighted by Crippen LogP contribution is 2.12. The summed E-state index contributed by atoms with van der Waals surface area (Å²) < 4.78 is 3.94. The van der Waals surface area contributed by atoms with Crippen LogP contribution in [0.1, 0.15) is 16.2 Å². The molecule has 1 N–H and O–H groups in total. The molecule has 0 aliphatic carbocycles. The van der Waals surface area contributed by atoms with Crippen LogP contribution in [0.2, 0.25) is 0 Å². The second-order valence-corrected chi connectivity index (χ2v) is 3.96. The zero-order valence-electron chi connectivity index (χ0n) is 8.79. The molecule has 1 aromatic heterocycles. The van der Waals surface area contributed by atoms with Crippen LogP contribution in [0.15, 0.2) is 30.3 Å². The SMILES string of the molecule is O=CCc1nsc(NC(=O)c2ccccc2)n1. The van der Waals surface area contributed by atoms with Crippen LogP contribution >= 0.6 is 11.5 Å². The highest BCUT2D eigenvalue weighted by Gasteiger charge is 2.09. The van der Waals surface area contributed by atoms with Gasteiger partial charge in [0.15, 0.2) is 5.82 Å². The molecular weight excluding hydrogens is 238 g/mol. The molecule has 0 saturated heterocycles. The Kier molecular flexibility index (Phi) is 3.56. The van der Waals surface area contributed by atoms with E-state index in [0.717, 1.165) is 17.8 Å². The number of amides is 1. The third-order valence-electron chi connectivity index (χ3n) is 1.99. The molecule has 1 heterocycles. The number of anilines is 1. The van der Waals surface area contributed by atoms with Crippen molar-refractivity contribution in [3.63, 3.8) is 0 Å². The molecular formula is C11H9N3O2S. The van der Waals surface area contributed by atoms with Crippen molar-refractivity contribution in [2.75, 3.05) is 5.32 Å². The maximum absolute atomic E-state index is 11.7. The highest BCUT2D eigenvalue weighted by molar-refractivity contribution is 7.09. The number of aldehydes is 1. The van der Waals surface area contributed by atoms with Gasteiger partial charge in [-0.1, -0.05) is 18.2 Å². The minimum absolute atomic E-state index is 0.164. The quantitative estimate of drug-likeness (QED) is 0.832. The standard InChI is InChI=1S/C11H9N3O2S/c15-7-6-9-12-11(17-14-9)13-10(16)8-4-2-1-3-5-8/h1-5,7H,6H2,(H,12,13,14,16). The molecule has 0 fully saturated rings. The molecule has 86 valence electrons. The first-order valence-electron chi connectivity index (χ1n) is 4.92. The van der Waals surface area contributed by atoms with Crippen LogP contribution in [0.25, 0.3) is 0 Å². The Morgan fingerprint density at radius 1 is 1.35 bits per heavy atom. The Labute approximate surface area is 102 Å². The van der Waals surface area contributed by atoms with Crippen LogP contribution in [0.4, 0.5) is 5.13 Å². The van der Waals surface area contributed by atoms with Gasteiger partial charge in [0.2, 0.25) is 5.13 Å². The third kappa shape index (κ3) is 2.94. The van der Waals surface area contributed by atoms with Gasteiger partial charge >= 0.3 is 0 Å². The van der Waals surface area contributed by atoms with Crippen molar-refractivity contribution >= 4 is 28.9 Å². The number of hydrogen-bond acceptors (Lipinski definition) is 5. The first-order valence-corrected chi connectivity index (χ1v) is 5.69. The number of aromatic nitrogens is 2. The average molecular weight is 247 g/mol. The van der Waals surface area contributed by atoms with Gasteiger partial charge in [-0.15, -0.1) is 0 Å². The summed E-state index contributed by atoms with van der Waals surface area (Å²) in [5.41, 5.74) is 0.555. The topological polar surface area (TPSA) is 72.0 Å². The summed E-state index contributed by atoms with van der Waals surface area (Å²) in [4.78, 5) is 26.0. The maximum Gasteiger partial charge on any atom is 0.257 e. The lowest BCUT2D eigenvalue weighted by atomic mass is 10.2. The number of carbonyl (C=O) groups excluding carboxylic acids is 2. The van der Waals surface area contributed by atoms with Gasteiger partial charge in [-0.2, -0.15) is 4.37 Å². The van der Waals surface area contributed by atoms with Crippen molar-refractivity contribution in [3.8, 4) is 0 Å². The first kappa shape index (κ1) is 11.4. The molecule has 0 unspecified atom stereocenters. The predicted molar refractivity (Wildman–Crippen MR) is 64.1 cm³/mol. The molecule has 2 rings (SSSR count). The van der Waals surface area contributed by atoms with Crippen molar-refractivity contribution in [2.45, 2.75) is 6.42 Å². The van der Waals surface area contributed by atoms with Crippen molar-refractivity contribution in [1.82, 2.24) is 9.36 Å². The zero-order valence-corrected chi connectivity index (χ0v) is 9.61. The van der Waals surface area contributed by atoms with Crippen LogP contribution < -0.4 is 5.32 Å². The molecule has 0 atom stereocenters. The van der Waals surface area contributed by atoms with E-state index in [4.69, 9.17) is 0 Å². The minimum atomic E-state index is -0.237. The summed E-state index contributed by atoms with van der Waals surface area (Å²) in [5.74, 6) is 0.188. The fourth-order valence-electron chi connectivity index (χ4n) is 1.22. The van der Waals surface area contributed by atoms with Crippen LogP contribution in [-0.4, -0.2) is 21.6 Å². The average Bonchev–Trinajstić information content (AvgIpc) is 2.78. The van der Waals surface area contributed by atoms with E-state index in [-0.39, 0.29) is 12.3 Å². The molecule has 2 aromatic rings. The Hall–Kier alpha value is -2.08. The van der Waals surface area contributed by atoms with E-state index in [1.807, 2.05) is 6.07 Å². The Morgan fingerprint density at radius 3 is 2.82 bits per heavy atom. The van der Waals surface area contributed by atoms with Gasteiger partial charge in [-0.25, -0.2) is 4.98 Å². The van der Waals surface area contributed by atoms with Crippen LogP contribution in [-0.2, 0) is 11.2 Å². The van der Waals surface area contributed by atoms with Crippen molar-refractivity contribution in [2.24, 2.45) is 0 Å². The third-order valence-corrected chi connectivity index (χ3v) is 2.66. The number of nitrogens with zero attached hydrogens (tertiary/aromatic N) is 2. The summed E-state index contributed by atoms with van der Waals surface area (Å²) >= 11 is 1.06. The lowest BCUT2D eigenvalue weighted by Gasteiger charge is -1.99. The second kappa shape index (κ2) is 5.31. The van der Waals surface area contributed by atoms with Gasteiger partial charge in [-0.3, -0.25) is 10.1 Å². The van der Waals surface area contributed by atoms with E-state index in [2.05, 4.69) is 14.7 Å². The van der Waals surface area contributed by atoms with Gasteiger partial charge < -0.3 is 4.79 Å². The van der Waals surface area contributed by atoms with Crippen molar-refractivity contribution in [3.05, 3.63) is 41.7 Å². The van der Waals surface area contributed by atoms with Gasteiger partial charge in [0, 0.05) is 17.1 Å². The van der Waals surface area contributed by atoms with E-state index < -0.39 is 0 Å². The number of nitrogens with one attached hydrogen (secondary N) is 1. The number of rotatable bonds is 4. The molecule has 6 heteroatoms. The summed E-state index contributed by atoms with van der Waals surface area (Å²) in [6, 6.07) is 8.83. The molecule has 5 nitrogen and oxygen atoms in total. The maximum atomic E-state index is 11.7.